The predicted molar refractivity (Wildman–Crippen MR) is 111 cm³/mol. The van der Waals surface area contributed by atoms with Gasteiger partial charge in [0.2, 0.25) is 11.7 Å². The van der Waals surface area contributed by atoms with Crippen molar-refractivity contribution < 1.29 is 19.1 Å². The highest BCUT2D eigenvalue weighted by Gasteiger charge is 2.38. The highest BCUT2D eigenvalue weighted by atomic mass is 16.5. The minimum Gasteiger partial charge on any atom is -0.457 e. The van der Waals surface area contributed by atoms with Gasteiger partial charge < -0.3 is 9.64 Å². The Morgan fingerprint density at radius 2 is 1.72 bits per heavy atom. The zero-order valence-electron chi connectivity index (χ0n) is 17.4. The molecule has 0 aromatic heterocycles. The van der Waals surface area contributed by atoms with Crippen LogP contribution in [0.4, 0.5) is 0 Å². The van der Waals surface area contributed by atoms with Gasteiger partial charge in [0.25, 0.3) is 0 Å². The maximum absolute atomic E-state index is 12.5. The minimum atomic E-state index is -0.540. The molecule has 1 amide bonds. The molecule has 5 heteroatoms. The summed E-state index contributed by atoms with van der Waals surface area (Å²) in [5.41, 5.74) is 4.61. The van der Waals surface area contributed by atoms with Crippen LogP contribution in [-0.4, -0.2) is 35.7 Å². The maximum Gasteiger partial charge on any atom is 0.311 e. The SMILES string of the molecule is Cc1cc(C)c(C(=O)COC(=O)[C@@H]2CC(=O)N([C@@H](C)c3ccccc3)C2)cc1C. The molecule has 0 spiro atoms. The lowest BCUT2D eigenvalue weighted by Gasteiger charge is -2.25. The molecule has 0 radical (unpaired) electrons. The molecule has 0 bridgehead atoms. The topological polar surface area (TPSA) is 63.7 Å². The highest BCUT2D eigenvalue weighted by Crippen LogP contribution is 2.29. The van der Waals surface area contributed by atoms with E-state index >= 15 is 0 Å². The van der Waals surface area contributed by atoms with Gasteiger partial charge in [-0.3, -0.25) is 14.4 Å². The Labute approximate surface area is 171 Å². The number of esters is 1. The second-order valence-corrected chi connectivity index (χ2v) is 7.82. The summed E-state index contributed by atoms with van der Waals surface area (Å²) in [6.07, 6.45) is 0.118. The monoisotopic (exact) mass is 393 g/mol. The van der Waals surface area contributed by atoms with Gasteiger partial charge in [0.15, 0.2) is 6.61 Å². The lowest BCUT2D eigenvalue weighted by Crippen LogP contribution is -2.30. The summed E-state index contributed by atoms with van der Waals surface area (Å²) in [5.74, 6) is -1.32. The molecular formula is C24H27NO4. The van der Waals surface area contributed by atoms with Crippen LogP contribution in [0.3, 0.4) is 0 Å². The fraction of sp³-hybridized carbons (Fsp3) is 0.375. The molecule has 3 rings (SSSR count). The van der Waals surface area contributed by atoms with Crippen molar-refractivity contribution in [2.24, 2.45) is 5.92 Å². The van der Waals surface area contributed by atoms with Gasteiger partial charge in [-0.1, -0.05) is 36.4 Å². The standard InChI is InChI=1S/C24H27NO4/c1-15-10-17(3)21(11-16(15)2)22(26)14-29-24(28)20-12-23(27)25(13-20)18(4)19-8-6-5-7-9-19/h5-11,18,20H,12-14H2,1-4H3/t18-,20+/m0/s1. The van der Waals surface area contributed by atoms with Gasteiger partial charge in [-0.15, -0.1) is 0 Å². The van der Waals surface area contributed by atoms with E-state index in [1.807, 2.05) is 70.2 Å². The van der Waals surface area contributed by atoms with Gasteiger partial charge in [0, 0.05) is 18.5 Å². The quantitative estimate of drug-likeness (QED) is 0.551. The summed E-state index contributed by atoms with van der Waals surface area (Å²) < 4.78 is 5.28. The number of hydrogen-bond acceptors (Lipinski definition) is 4. The van der Waals surface area contributed by atoms with Crippen molar-refractivity contribution in [1.29, 1.82) is 0 Å². The summed E-state index contributed by atoms with van der Waals surface area (Å²) in [6.45, 7) is 7.78. The lowest BCUT2D eigenvalue weighted by atomic mass is 9.98. The molecule has 5 nitrogen and oxygen atoms in total. The Hall–Kier alpha value is -2.95. The first-order valence-electron chi connectivity index (χ1n) is 9.90. The van der Waals surface area contributed by atoms with Gasteiger partial charge >= 0.3 is 5.97 Å². The third-order valence-electron chi connectivity index (χ3n) is 5.73. The van der Waals surface area contributed by atoms with Crippen molar-refractivity contribution in [3.05, 3.63) is 70.3 Å². The summed E-state index contributed by atoms with van der Waals surface area (Å²) in [4.78, 5) is 39.1. The van der Waals surface area contributed by atoms with E-state index in [4.69, 9.17) is 4.74 Å². The molecule has 1 fully saturated rings. The molecule has 2 aromatic carbocycles. The first-order chi connectivity index (χ1) is 13.8. The number of likely N-dealkylation sites (tertiary alicyclic amines) is 1. The highest BCUT2D eigenvalue weighted by molar-refractivity contribution is 5.99. The van der Waals surface area contributed by atoms with Crippen molar-refractivity contribution in [2.45, 2.75) is 40.2 Å². The van der Waals surface area contributed by atoms with Gasteiger partial charge in [0.05, 0.1) is 12.0 Å². The predicted octanol–water partition coefficient (Wildman–Crippen LogP) is 3.95. The number of carbonyl (C=O) groups is 3. The molecular weight excluding hydrogens is 366 g/mol. The Kier molecular flexibility index (Phi) is 6.16. The molecule has 1 aliphatic rings. The van der Waals surface area contributed by atoms with Crippen molar-refractivity contribution in [3.63, 3.8) is 0 Å². The first kappa shape index (κ1) is 20.8. The fourth-order valence-electron chi connectivity index (χ4n) is 3.77. The molecule has 2 atom stereocenters. The van der Waals surface area contributed by atoms with E-state index in [-0.39, 0.29) is 30.8 Å². The summed E-state index contributed by atoms with van der Waals surface area (Å²) >= 11 is 0. The molecule has 2 aromatic rings. The Bertz CT molecular complexity index is 935. The number of aryl methyl sites for hydroxylation is 3. The number of carbonyl (C=O) groups excluding carboxylic acids is 3. The number of hydrogen-bond donors (Lipinski definition) is 0. The fourth-order valence-corrected chi connectivity index (χ4v) is 3.77. The second-order valence-electron chi connectivity index (χ2n) is 7.82. The smallest absolute Gasteiger partial charge is 0.311 e. The van der Waals surface area contributed by atoms with Crippen LogP contribution in [0.2, 0.25) is 0 Å². The van der Waals surface area contributed by atoms with Crippen LogP contribution < -0.4 is 0 Å². The zero-order chi connectivity index (χ0) is 21.1. The van der Waals surface area contributed by atoms with Crippen molar-refractivity contribution in [3.8, 4) is 0 Å². The van der Waals surface area contributed by atoms with Crippen LogP contribution in [0.15, 0.2) is 42.5 Å². The number of amides is 1. The summed E-state index contributed by atoms with van der Waals surface area (Å²) in [5, 5.41) is 0. The van der Waals surface area contributed by atoms with Crippen LogP contribution in [0, 0.1) is 26.7 Å². The largest absolute Gasteiger partial charge is 0.457 e. The van der Waals surface area contributed by atoms with E-state index in [0.717, 1.165) is 22.3 Å². The van der Waals surface area contributed by atoms with Gasteiger partial charge in [-0.25, -0.2) is 0 Å². The third-order valence-corrected chi connectivity index (χ3v) is 5.73. The second kappa shape index (κ2) is 8.60. The Morgan fingerprint density at radius 3 is 2.41 bits per heavy atom. The van der Waals surface area contributed by atoms with Crippen LogP contribution >= 0.6 is 0 Å². The molecule has 0 N–H and O–H groups in total. The molecule has 0 aliphatic carbocycles. The molecule has 0 unspecified atom stereocenters. The van der Waals surface area contributed by atoms with E-state index in [2.05, 4.69) is 0 Å². The van der Waals surface area contributed by atoms with Crippen LogP contribution in [0.1, 0.15) is 52.0 Å². The summed E-state index contributed by atoms with van der Waals surface area (Å²) in [6, 6.07) is 13.4. The average Bonchev–Trinajstić information content (AvgIpc) is 3.10. The number of Topliss-reactive ketones (excluding diaryl/α,β-unsaturated/α-hetero) is 1. The Balaban J connectivity index is 1.60. The molecule has 1 aliphatic heterocycles. The lowest BCUT2D eigenvalue weighted by molar-refractivity contribution is -0.147. The van der Waals surface area contributed by atoms with Crippen molar-refractivity contribution in [1.82, 2.24) is 4.90 Å². The van der Waals surface area contributed by atoms with Gasteiger partial charge in [-0.2, -0.15) is 0 Å². The number of nitrogens with zero attached hydrogens (tertiary/aromatic N) is 1. The van der Waals surface area contributed by atoms with Crippen LogP contribution in [0.25, 0.3) is 0 Å². The number of benzene rings is 2. The van der Waals surface area contributed by atoms with E-state index in [1.54, 1.807) is 4.90 Å². The Morgan fingerprint density at radius 1 is 1.07 bits per heavy atom. The third kappa shape index (κ3) is 4.56. The first-order valence-corrected chi connectivity index (χ1v) is 9.90. The minimum absolute atomic E-state index is 0.0698. The maximum atomic E-state index is 12.5. The molecule has 1 saturated heterocycles. The molecule has 0 saturated carbocycles. The molecule has 152 valence electrons. The van der Waals surface area contributed by atoms with E-state index in [0.29, 0.717) is 12.1 Å². The number of rotatable bonds is 6. The van der Waals surface area contributed by atoms with Crippen molar-refractivity contribution >= 4 is 17.7 Å². The zero-order valence-corrected chi connectivity index (χ0v) is 17.4. The number of ether oxygens (including phenoxy) is 1. The van der Waals surface area contributed by atoms with Crippen molar-refractivity contribution in [2.75, 3.05) is 13.2 Å². The number of ketones is 1. The van der Waals surface area contributed by atoms with Gasteiger partial charge in [-0.05, 0) is 56.0 Å². The summed E-state index contributed by atoms with van der Waals surface area (Å²) in [7, 11) is 0. The van der Waals surface area contributed by atoms with Crippen LogP contribution in [0.5, 0.6) is 0 Å². The average molecular weight is 393 g/mol. The normalized spacial score (nSPS) is 17.3. The van der Waals surface area contributed by atoms with E-state index in [1.165, 1.54) is 0 Å². The van der Waals surface area contributed by atoms with E-state index < -0.39 is 11.9 Å². The molecule has 1 heterocycles. The van der Waals surface area contributed by atoms with E-state index in [9.17, 15) is 14.4 Å². The molecule has 29 heavy (non-hydrogen) atoms. The van der Waals surface area contributed by atoms with Gasteiger partial charge in [0.1, 0.15) is 0 Å². The van der Waals surface area contributed by atoms with Crippen LogP contribution in [-0.2, 0) is 14.3 Å².